The van der Waals surface area contributed by atoms with E-state index in [1.165, 1.54) is 6.07 Å². The lowest BCUT2D eigenvalue weighted by Crippen LogP contribution is -2.06. The smallest absolute Gasteiger partial charge is 0.306 e. The summed E-state index contributed by atoms with van der Waals surface area (Å²) in [4.78, 5) is 10.4. The van der Waals surface area contributed by atoms with Crippen LogP contribution in [0.3, 0.4) is 0 Å². The summed E-state index contributed by atoms with van der Waals surface area (Å²) in [7, 11) is 0. The van der Waals surface area contributed by atoms with Crippen molar-refractivity contribution in [2.45, 2.75) is 26.4 Å². The molecular weight excluding hydrogens is 196 g/mol. The summed E-state index contributed by atoms with van der Waals surface area (Å²) >= 11 is 0. The van der Waals surface area contributed by atoms with Gasteiger partial charge in [-0.15, -0.1) is 0 Å². The van der Waals surface area contributed by atoms with E-state index in [4.69, 9.17) is 5.11 Å². The Morgan fingerprint density at radius 1 is 1.33 bits per heavy atom. The highest BCUT2D eigenvalue weighted by atomic mass is 16.4. The molecule has 1 aromatic rings. The fourth-order valence-electron chi connectivity index (χ4n) is 1.37. The van der Waals surface area contributed by atoms with Gasteiger partial charge in [0, 0.05) is 5.56 Å². The van der Waals surface area contributed by atoms with Gasteiger partial charge in [-0.05, 0) is 37.1 Å². The molecule has 1 unspecified atom stereocenters. The molecule has 0 amide bonds. The summed E-state index contributed by atoms with van der Waals surface area (Å²) in [6.07, 6.45) is -1.57. The second-order valence-electron chi connectivity index (χ2n) is 3.61. The van der Waals surface area contributed by atoms with E-state index in [2.05, 4.69) is 0 Å². The molecule has 1 aromatic carbocycles. The first-order chi connectivity index (χ1) is 6.91. The molecule has 0 aliphatic rings. The predicted octanol–water partition coefficient (Wildman–Crippen LogP) is 1.52. The van der Waals surface area contributed by atoms with E-state index in [1.807, 2.05) is 13.8 Å². The fourth-order valence-corrected chi connectivity index (χ4v) is 1.37. The highest BCUT2D eigenvalue weighted by Gasteiger charge is 2.16. The fraction of sp³-hybridized carbons (Fsp3) is 0.364. The van der Waals surface area contributed by atoms with E-state index in [-0.39, 0.29) is 11.3 Å². The first kappa shape index (κ1) is 11.5. The molecule has 0 saturated heterocycles. The van der Waals surface area contributed by atoms with Gasteiger partial charge < -0.3 is 15.3 Å². The van der Waals surface area contributed by atoms with Crippen LogP contribution in [0.1, 0.15) is 29.2 Å². The molecule has 0 heterocycles. The van der Waals surface area contributed by atoms with Gasteiger partial charge in [0.1, 0.15) is 5.75 Å². The van der Waals surface area contributed by atoms with Crippen LogP contribution in [0.4, 0.5) is 0 Å². The largest absolute Gasteiger partial charge is 0.508 e. The molecule has 0 aliphatic carbocycles. The molecule has 0 bridgehead atoms. The van der Waals surface area contributed by atoms with Gasteiger partial charge in [0.15, 0.2) is 0 Å². The third-order valence-electron chi connectivity index (χ3n) is 2.37. The van der Waals surface area contributed by atoms with Crippen LogP contribution in [0.5, 0.6) is 5.75 Å². The number of aromatic hydroxyl groups is 1. The minimum absolute atomic E-state index is 0.0631. The minimum Gasteiger partial charge on any atom is -0.508 e. The van der Waals surface area contributed by atoms with Crippen LogP contribution >= 0.6 is 0 Å². The Hall–Kier alpha value is -1.55. The van der Waals surface area contributed by atoms with Gasteiger partial charge in [0.05, 0.1) is 12.5 Å². The molecule has 82 valence electrons. The second kappa shape index (κ2) is 4.31. The number of hydrogen-bond donors (Lipinski definition) is 3. The maximum absolute atomic E-state index is 10.4. The third-order valence-corrected chi connectivity index (χ3v) is 2.37. The topological polar surface area (TPSA) is 77.8 Å². The standard InChI is InChI=1S/C11H14O4/c1-6-3-8(9(12)4-7(6)2)10(13)5-11(14)15/h3-4,10,12-13H,5H2,1-2H3,(H,14,15). The number of phenolic OH excluding ortho intramolecular Hbond substituents is 1. The van der Waals surface area contributed by atoms with Crippen LogP contribution in [0.15, 0.2) is 12.1 Å². The van der Waals surface area contributed by atoms with E-state index >= 15 is 0 Å². The number of benzene rings is 1. The zero-order chi connectivity index (χ0) is 11.6. The number of rotatable bonds is 3. The monoisotopic (exact) mass is 210 g/mol. The number of aliphatic carboxylic acids is 1. The molecule has 4 nitrogen and oxygen atoms in total. The zero-order valence-corrected chi connectivity index (χ0v) is 8.69. The molecule has 0 radical (unpaired) electrons. The van der Waals surface area contributed by atoms with Crippen molar-refractivity contribution in [3.05, 3.63) is 28.8 Å². The SMILES string of the molecule is Cc1cc(O)c(C(O)CC(=O)O)cc1C. The van der Waals surface area contributed by atoms with Gasteiger partial charge in [-0.3, -0.25) is 4.79 Å². The zero-order valence-electron chi connectivity index (χ0n) is 8.69. The number of carboxylic acids is 1. The third kappa shape index (κ3) is 2.70. The van der Waals surface area contributed by atoms with Crippen LogP contribution in [-0.2, 0) is 4.79 Å². The van der Waals surface area contributed by atoms with Crippen LogP contribution in [-0.4, -0.2) is 21.3 Å². The number of carboxylic acid groups (broad SMARTS) is 1. The Labute approximate surface area is 87.8 Å². The van der Waals surface area contributed by atoms with Crippen molar-refractivity contribution in [2.75, 3.05) is 0 Å². The molecule has 0 saturated carbocycles. The molecule has 15 heavy (non-hydrogen) atoms. The molecule has 0 fully saturated rings. The minimum atomic E-state index is -1.17. The number of aliphatic hydroxyl groups excluding tert-OH is 1. The second-order valence-corrected chi connectivity index (χ2v) is 3.61. The molecule has 4 heteroatoms. The molecule has 1 rings (SSSR count). The van der Waals surface area contributed by atoms with E-state index in [9.17, 15) is 15.0 Å². The summed E-state index contributed by atoms with van der Waals surface area (Å²) in [5.41, 5.74) is 2.08. The van der Waals surface area contributed by atoms with E-state index < -0.39 is 18.5 Å². The predicted molar refractivity (Wildman–Crippen MR) is 54.8 cm³/mol. The molecule has 0 aromatic heterocycles. The molecule has 0 spiro atoms. The van der Waals surface area contributed by atoms with Gasteiger partial charge >= 0.3 is 5.97 Å². The van der Waals surface area contributed by atoms with Gasteiger partial charge in [0.25, 0.3) is 0 Å². The first-order valence-corrected chi connectivity index (χ1v) is 4.61. The lowest BCUT2D eigenvalue weighted by molar-refractivity contribution is -0.139. The normalized spacial score (nSPS) is 12.5. The van der Waals surface area contributed by atoms with Crippen LogP contribution in [0, 0.1) is 13.8 Å². The van der Waals surface area contributed by atoms with Crippen molar-refractivity contribution in [1.29, 1.82) is 0 Å². The van der Waals surface area contributed by atoms with Gasteiger partial charge in [-0.25, -0.2) is 0 Å². The average molecular weight is 210 g/mol. The lowest BCUT2D eigenvalue weighted by atomic mass is 10.00. The van der Waals surface area contributed by atoms with Crippen molar-refractivity contribution in [2.24, 2.45) is 0 Å². The van der Waals surface area contributed by atoms with E-state index in [0.717, 1.165) is 11.1 Å². The number of aryl methyl sites for hydroxylation is 2. The van der Waals surface area contributed by atoms with Gasteiger partial charge in [0.2, 0.25) is 0 Å². The number of phenols is 1. The Kier molecular flexibility index (Phi) is 3.31. The highest BCUT2D eigenvalue weighted by molar-refractivity contribution is 5.68. The quantitative estimate of drug-likeness (QED) is 0.706. The average Bonchev–Trinajstić information content (AvgIpc) is 2.09. The summed E-state index contributed by atoms with van der Waals surface area (Å²) < 4.78 is 0. The Morgan fingerprint density at radius 3 is 2.40 bits per heavy atom. The van der Waals surface area contributed by atoms with E-state index in [1.54, 1.807) is 6.07 Å². The van der Waals surface area contributed by atoms with Crippen molar-refractivity contribution >= 4 is 5.97 Å². The summed E-state index contributed by atoms with van der Waals surface area (Å²) in [5.74, 6) is -1.16. The Bertz CT molecular complexity index is 384. The summed E-state index contributed by atoms with van der Waals surface area (Å²) in [6.45, 7) is 3.67. The number of carbonyl (C=O) groups is 1. The summed E-state index contributed by atoms with van der Waals surface area (Å²) in [6, 6.07) is 3.13. The van der Waals surface area contributed by atoms with Crippen molar-refractivity contribution < 1.29 is 20.1 Å². The molecule has 1 atom stereocenters. The number of aliphatic hydroxyl groups is 1. The highest BCUT2D eigenvalue weighted by Crippen LogP contribution is 2.29. The Morgan fingerprint density at radius 2 is 1.87 bits per heavy atom. The van der Waals surface area contributed by atoms with Crippen LogP contribution in [0.25, 0.3) is 0 Å². The maximum atomic E-state index is 10.4. The molecular formula is C11H14O4. The van der Waals surface area contributed by atoms with Crippen molar-refractivity contribution in [3.8, 4) is 5.75 Å². The van der Waals surface area contributed by atoms with Crippen LogP contribution in [0.2, 0.25) is 0 Å². The van der Waals surface area contributed by atoms with Gasteiger partial charge in [-0.2, -0.15) is 0 Å². The van der Waals surface area contributed by atoms with E-state index in [0.29, 0.717) is 0 Å². The number of hydrogen-bond acceptors (Lipinski definition) is 3. The Balaban J connectivity index is 3.03. The molecule has 0 aliphatic heterocycles. The molecule has 3 N–H and O–H groups in total. The summed E-state index contributed by atoms with van der Waals surface area (Å²) in [5, 5.41) is 27.6. The van der Waals surface area contributed by atoms with Gasteiger partial charge in [-0.1, -0.05) is 0 Å². The maximum Gasteiger partial charge on any atom is 0.306 e. The van der Waals surface area contributed by atoms with Crippen LogP contribution < -0.4 is 0 Å². The van der Waals surface area contributed by atoms with Crippen molar-refractivity contribution in [3.63, 3.8) is 0 Å². The van der Waals surface area contributed by atoms with Crippen molar-refractivity contribution in [1.82, 2.24) is 0 Å². The first-order valence-electron chi connectivity index (χ1n) is 4.61. The lowest BCUT2D eigenvalue weighted by Gasteiger charge is -2.12.